The first-order valence-corrected chi connectivity index (χ1v) is 7.49. The van der Waals surface area contributed by atoms with Gasteiger partial charge in [0.25, 0.3) is 0 Å². The van der Waals surface area contributed by atoms with Gasteiger partial charge in [-0.25, -0.2) is 0 Å². The van der Waals surface area contributed by atoms with E-state index in [1.165, 1.54) is 32.1 Å². The lowest BCUT2D eigenvalue weighted by Gasteiger charge is -2.32. The van der Waals surface area contributed by atoms with E-state index < -0.39 is 0 Å². The lowest BCUT2D eigenvalue weighted by molar-refractivity contribution is 0.303. The fraction of sp³-hybridized carbons (Fsp3) is 0.750. The second-order valence-electron chi connectivity index (χ2n) is 5.11. The molecule has 0 unspecified atom stereocenters. The van der Waals surface area contributed by atoms with Gasteiger partial charge in [-0.1, -0.05) is 36.2 Å². The smallest absolute Gasteiger partial charge is 0.248 e. The predicted octanol–water partition coefficient (Wildman–Crippen LogP) is 2.27. The maximum Gasteiger partial charge on any atom is 0.248 e. The van der Waals surface area contributed by atoms with Gasteiger partial charge in [0.1, 0.15) is 6.54 Å². The molecule has 5 nitrogen and oxygen atoms in total. The third kappa shape index (κ3) is 2.53. The van der Waals surface area contributed by atoms with Crippen LogP contribution < -0.4 is 5.32 Å². The lowest BCUT2D eigenvalue weighted by atomic mass is 9.83. The van der Waals surface area contributed by atoms with Crippen LogP contribution in [0.15, 0.2) is 9.52 Å². The Labute approximate surface area is 111 Å². The van der Waals surface area contributed by atoms with E-state index in [4.69, 9.17) is 4.52 Å². The van der Waals surface area contributed by atoms with Crippen molar-refractivity contribution in [2.24, 2.45) is 4.99 Å². The number of hydrogen-bond acceptors (Lipinski definition) is 5. The molecule has 2 aliphatic rings. The van der Waals surface area contributed by atoms with Gasteiger partial charge in [0.2, 0.25) is 5.89 Å². The minimum Gasteiger partial charge on any atom is -0.359 e. The molecule has 2 fully saturated rings. The van der Waals surface area contributed by atoms with Crippen LogP contribution in [0.4, 0.5) is 0 Å². The van der Waals surface area contributed by atoms with E-state index in [1.807, 2.05) is 18.7 Å². The zero-order chi connectivity index (χ0) is 12.4. The predicted molar refractivity (Wildman–Crippen MR) is 71.6 cm³/mol. The first-order valence-electron chi connectivity index (χ1n) is 6.50. The molecule has 1 aliphatic carbocycles. The number of rotatable bonds is 2. The number of nitrogens with zero attached hydrogens (tertiary/aromatic N) is 3. The van der Waals surface area contributed by atoms with Crippen LogP contribution in [0.5, 0.6) is 0 Å². The molecular formula is C12H18N4OS. The summed E-state index contributed by atoms with van der Waals surface area (Å²) in [5.74, 6) is 2.40. The minimum atomic E-state index is 0.312. The van der Waals surface area contributed by atoms with Crippen molar-refractivity contribution in [1.29, 1.82) is 0 Å². The van der Waals surface area contributed by atoms with Crippen molar-refractivity contribution >= 4 is 16.9 Å². The number of hydrogen-bond donors (Lipinski definition) is 1. The number of nitrogens with one attached hydrogen (secondary N) is 1. The first kappa shape index (κ1) is 12.0. The summed E-state index contributed by atoms with van der Waals surface area (Å²) < 4.78 is 5.06. The first-order chi connectivity index (χ1) is 8.76. The highest BCUT2D eigenvalue weighted by Crippen LogP contribution is 2.36. The molecule has 1 saturated heterocycles. The molecule has 1 saturated carbocycles. The quantitative estimate of drug-likeness (QED) is 0.889. The second-order valence-corrected chi connectivity index (χ2v) is 6.08. The van der Waals surface area contributed by atoms with Crippen molar-refractivity contribution < 1.29 is 4.52 Å². The van der Waals surface area contributed by atoms with E-state index in [0.717, 1.165) is 10.9 Å². The van der Waals surface area contributed by atoms with Crippen molar-refractivity contribution in [3.8, 4) is 0 Å². The molecule has 0 amide bonds. The monoisotopic (exact) mass is 266 g/mol. The van der Waals surface area contributed by atoms with E-state index in [1.54, 1.807) is 0 Å². The van der Waals surface area contributed by atoms with Gasteiger partial charge in [-0.2, -0.15) is 4.98 Å². The average molecular weight is 266 g/mol. The van der Waals surface area contributed by atoms with Gasteiger partial charge in [-0.05, 0) is 19.8 Å². The van der Waals surface area contributed by atoms with E-state index >= 15 is 0 Å². The van der Waals surface area contributed by atoms with Gasteiger partial charge in [0.05, 0.1) is 0 Å². The van der Waals surface area contributed by atoms with Crippen molar-refractivity contribution in [2.75, 3.05) is 5.75 Å². The van der Waals surface area contributed by atoms with Crippen LogP contribution >= 0.6 is 11.8 Å². The number of aromatic nitrogens is 2. The molecule has 1 aliphatic heterocycles. The summed E-state index contributed by atoms with van der Waals surface area (Å²) in [6.07, 6.45) is 6.60. The molecule has 0 radical (unpaired) electrons. The highest BCUT2D eigenvalue weighted by Gasteiger charge is 2.37. The van der Waals surface area contributed by atoms with Crippen molar-refractivity contribution in [2.45, 2.75) is 51.1 Å². The Bertz CT molecular complexity index is 451. The van der Waals surface area contributed by atoms with Crippen LogP contribution in [0.25, 0.3) is 0 Å². The van der Waals surface area contributed by atoms with Gasteiger partial charge in [-0.15, -0.1) is 0 Å². The Kier molecular flexibility index (Phi) is 3.28. The van der Waals surface area contributed by atoms with Crippen LogP contribution in [0, 0.1) is 6.92 Å². The van der Waals surface area contributed by atoms with E-state index in [-0.39, 0.29) is 0 Å². The molecule has 1 N–H and O–H groups in total. The Morgan fingerprint density at radius 3 is 2.94 bits per heavy atom. The van der Waals surface area contributed by atoms with Crippen LogP contribution in [-0.2, 0) is 6.54 Å². The molecule has 0 atom stereocenters. The second kappa shape index (κ2) is 4.91. The Hall–Kier alpha value is -1.04. The maximum absolute atomic E-state index is 5.06. The van der Waals surface area contributed by atoms with Crippen LogP contribution in [0.2, 0.25) is 0 Å². The van der Waals surface area contributed by atoms with Crippen molar-refractivity contribution in [3.05, 3.63) is 11.7 Å². The number of aliphatic imine (C=N–C) groups is 1. The molecule has 18 heavy (non-hydrogen) atoms. The standard InChI is InChI=1S/C12H18N4OS/c1-9-14-10(17-16-9)7-13-11-15-12(8-18-11)5-3-2-4-6-12/h2-8H2,1H3,(H,13,15). The molecule has 0 bridgehead atoms. The van der Waals surface area contributed by atoms with Crippen molar-refractivity contribution in [3.63, 3.8) is 0 Å². The van der Waals surface area contributed by atoms with Crippen molar-refractivity contribution in [1.82, 2.24) is 15.5 Å². The zero-order valence-corrected chi connectivity index (χ0v) is 11.4. The largest absolute Gasteiger partial charge is 0.359 e. The molecule has 0 aromatic carbocycles. The molecule has 1 spiro atoms. The Morgan fingerprint density at radius 2 is 2.22 bits per heavy atom. The Balaban J connectivity index is 1.61. The summed E-state index contributed by atoms with van der Waals surface area (Å²) in [4.78, 5) is 8.68. The highest BCUT2D eigenvalue weighted by molar-refractivity contribution is 8.14. The third-order valence-electron chi connectivity index (χ3n) is 3.60. The summed E-state index contributed by atoms with van der Waals surface area (Å²) in [5, 5.41) is 8.40. The number of amidine groups is 1. The average Bonchev–Trinajstić information content (AvgIpc) is 2.96. The van der Waals surface area contributed by atoms with Gasteiger partial charge in [0.15, 0.2) is 11.0 Å². The molecular weight excluding hydrogens is 248 g/mol. The number of thioether (sulfide) groups is 1. The maximum atomic E-state index is 5.06. The molecule has 2 heterocycles. The molecule has 3 rings (SSSR count). The molecule has 1 aromatic rings. The SMILES string of the molecule is Cc1noc(CN=C2NC3(CCCCC3)CS2)n1. The summed E-state index contributed by atoms with van der Waals surface area (Å²) in [5.41, 5.74) is 0.312. The van der Waals surface area contributed by atoms with Crippen LogP contribution in [0.3, 0.4) is 0 Å². The topological polar surface area (TPSA) is 63.3 Å². The fourth-order valence-electron chi connectivity index (χ4n) is 2.63. The van der Waals surface area contributed by atoms with Gasteiger partial charge >= 0.3 is 0 Å². The highest BCUT2D eigenvalue weighted by atomic mass is 32.2. The van der Waals surface area contributed by atoms with Gasteiger partial charge in [-0.3, -0.25) is 4.99 Å². The molecule has 6 heteroatoms. The Morgan fingerprint density at radius 1 is 1.39 bits per heavy atom. The van der Waals surface area contributed by atoms with Crippen LogP contribution in [-0.4, -0.2) is 26.6 Å². The summed E-state index contributed by atoms with van der Waals surface area (Å²) in [6.45, 7) is 2.30. The zero-order valence-electron chi connectivity index (χ0n) is 10.6. The molecule has 1 aromatic heterocycles. The lowest BCUT2D eigenvalue weighted by Crippen LogP contribution is -2.45. The van der Waals surface area contributed by atoms with Gasteiger partial charge < -0.3 is 9.84 Å². The summed E-state index contributed by atoms with van der Waals surface area (Å²) in [6, 6.07) is 0. The normalized spacial score (nSPS) is 24.6. The molecule has 98 valence electrons. The van der Waals surface area contributed by atoms with E-state index in [0.29, 0.717) is 23.8 Å². The fourth-order valence-corrected chi connectivity index (χ4v) is 3.85. The van der Waals surface area contributed by atoms with E-state index in [2.05, 4.69) is 20.4 Å². The number of aryl methyl sites for hydroxylation is 1. The van der Waals surface area contributed by atoms with E-state index in [9.17, 15) is 0 Å². The minimum absolute atomic E-state index is 0.312. The van der Waals surface area contributed by atoms with Crippen LogP contribution in [0.1, 0.15) is 43.8 Å². The summed E-state index contributed by atoms with van der Waals surface area (Å²) >= 11 is 1.82. The van der Waals surface area contributed by atoms with Gasteiger partial charge in [0, 0.05) is 11.3 Å². The summed E-state index contributed by atoms with van der Waals surface area (Å²) in [7, 11) is 0. The third-order valence-corrected chi connectivity index (χ3v) is 4.80.